The van der Waals surface area contributed by atoms with E-state index in [-0.39, 0.29) is 51.1 Å². The Morgan fingerprint density at radius 3 is 2.02 bits per heavy atom. The zero-order valence-corrected chi connectivity index (χ0v) is 37.5. The predicted molar refractivity (Wildman–Crippen MR) is 227 cm³/mol. The van der Waals surface area contributed by atoms with Crippen molar-refractivity contribution in [3.8, 4) is 0 Å². The number of hydrogen-bond donors (Lipinski definition) is 4. The topological polar surface area (TPSA) is 186 Å². The minimum absolute atomic E-state index is 0.0365. The molecule has 0 heterocycles. The minimum atomic E-state index is -4.48. The van der Waals surface area contributed by atoms with E-state index in [0.29, 0.717) is 36.7 Å². The standard InChI is InChI=1S/C44H80NO12P/c1-6-8-10-11-12-13-14-15-16-17-18-19-21-26-43(50)54-34-38(35-56-58(52,53)55-31-30-45(3,4)5)57-44(51)27-23-22-25-37(47)32-40-39(41(48)33-42(40)49)29-28-36(46)24-20-9-7-2/h13-14,28-29,36,38-42,46,48-49H,6-12,15-27,30-35H2,1-5H3/p+1/b14-13-,29-28+/t36-,38+,39+,40+,41+,42-/m0/s1. The number of rotatable bonds is 36. The SMILES string of the molecule is CCCCCC/C=C\CCCCCCCC(=O)OC[C@H](COP(=O)(O)OCC[N+](C)(C)C)OC(=O)CCCCC(=O)C[C@@H]1[C@@H](/C=C/[C@@H](O)CCCCC)[C@H](O)C[C@@H]1O. The fraction of sp³-hybridized carbons (Fsp3) is 0.841. The Balaban J connectivity index is 2.55. The van der Waals surface area contributed by atoms with Crippen LogP contribution in [-0.4, -0.2) is 114 Å². The number of unbranched alkanes of at least 4 members (excludes halogenated alkanes) is 12. The van der Waals surface area contributed by atoms with E-state index in [9.17, 15) is 39.2 Å². The number of quaternary nitrogens is 1. The first-order valence-corrected chi connectivity index (χ1v) is 23.7. The van der Waals surface area contributed by atoms with E-state index in [1.165, 1.54) is 25.7 Å². The molecule has 0 radical (unpaired) electrons. The van der Waals surface area contributed by atoms with Crippen LogP contribution >= 0.6 is 7.82 Å². The van der Waals surface area contributed by atoms with E-state index < -0.39 is 62.6 Å². The Morgan fingerprint density at radius 2 is 1.34 bits per heavy atom. The molecule has 0 aromatic heterocycles. The number of hydrogen-bond acceptors (Lipinski definition) is 11. The molecule has 0 aliphatic heterocycles. The third-order valence-electron chi connectivity index (χ3n) is 10.4. The number of nitrogens with zero attached hydrogens (tertiary/aromatic N) is 1. The summed E-state index contributed by atoms with van der Waals surface area (Å²) in [5.74, 6) is -2.10. The van der Waals surface area contributed by atoms with Gasteiger partial charge in [-0.3, -0.25) is 23.4 Å². The molecule has 0 amide bonds. The highest BCUT2D eigenvalue weighted by Gasteiger charge is 2.41. The lowest BCUT2D eigenvalue weighted by Crippen LogP contribution is -2.37. The molecule has 0 saturated heterocycles. The van der Waals surface area contributed by atoms with Gasteiger partial charge in [0.25, 0.3) is 0 Å². The quantitative estimate of drug-likeness (QED) is 0.0157. The van der Waals surface area contributed by atoms with Gasteiger partial charge < -0.3 is 34.2 Å². The Labute approximate surface area is 350 Å². The number of Topliss-reactive ketones (excluding diaryl/α,β-unsaturated/α-hetero) is 1. The fourth-order valence-corrected chi connectivity index (χ4v) is 7.57. The molecule has 58 heavy (non-hydrogen) atoms. The first kappa shape index (κ1) is 54.1. The van der Waals surface area contributed by atoms with Gasteiger partial charge in [0.15, 0.2) is 6.10 Å². The van der Waals surface area contributed by atoms with Crippen LogP contribution in [0.5, 0.6) is 0 Å². The Bertz CT molecular complexity index is 1220. The number of carbonyl (C=O) groups excluding carboxylic acids is 3. The molecule has 1 rings (SSSR count). The highest BCUT2D eigenvalue weighted by Crippen LogP contribution is 2.43. The highest BCUT2D eigenvalue weighted by atomic mass is 31.2. The van der Waals surface area contributed by atoms with Crippen molar-refractivity contribution < 1.29 is 62.2 Å². The maximum atomic E-state index is 12.9. The van der Waals surface area contributed by atoms with Gasteiger partial charge in [0.1, 0.15) is 25.5 Å². The van der Waals surface area contributed by atoms with Crippen molar-refractivity contribution in [3.63, 3.8) is 0 Å². The van der Waals surface area contributed by atoms with Crippen LogP contribution in [0.3, 0.4) is 0 Å². The van der Waals surface area contributed by atoms with Crippen LogP contribution in [0.4, 0.5) is 0 Å². The predicted octanol–water partition coefficient (Wildman–Crippen LogP) is 7.91. The molecule has 4 N–H and O–H groups in total. The van der Waals surface area contributed by atoms with Gasteiger partial charge in [-0.25, -0.2) is 4.57 Å². The van der Waals surface area contributed by atoms with E-state index in [1.807, 2.05) is 21.1 Å². The Hall–Kier alpha value is -1.96. The molecule has 7 atom stereocenters. The number of phosphoric ester groups is 1. The van der Waals surface area contributed by atoms with Crippen molar-refractivity contribution in [2.24, 2.45) is 11.8 Å². The minimum Gasteiger partial charge on any atom is -0.462 e. The zero-order chi connectivity index (χ0) is 43.2. The van der Waals surface area contributed by atoms with Crippen molar-refractivity contribution in [3.05, 3.63) is 24.3 Å². The van der Waals surface area contributed by atoms with E-state index in [4.69, 9.17) is 18.5 Å². The van der Waals surface area contributed by atoms with Crippen LogP contribution in [-0.2, 0) is 37.5 Å². The molecule has 338 valence electrons. The lowest BCUT2D eigenvalue weighted by molar-refractivity contribution is -0.870. The molecular formula is C44H81NO12P+. The van der Waals surface area contributed by atoms with Crippen LogP contribution < -0.4 is 0 Å². The van der Waals surface area contributed by atoms with Gasteiger partial charge in [-0.2, -0.15) is 0 Å². The van der Waals surface area contributed by atoms with Crippen LogP contribution in [0, 0.1) is 11.8 Å². The third-order valence-corrected chi connectivity index (χ3v) is 11.4. The first-order chi connectivity index (χ1) is 27.6. The van der Waals surface area contributed by atoms with E-state index >= 15 is 0 Å². The smallest absolute Gasteiger partial charge is 0.462 e. The second kappa shape index (κ2) is 31.8. The zero-order valence-electron chi connectivity index (χ0n) is 36.6. The summed E-state index contributed by atoms with van der Waals surface area (Å²) in [6.07, 6.45) is 21.4. The summed E-state index contributed by atoms with van der Waals surface area (Å²) < 4.78 is 34.1. The number of phosphoric acid groups is 1. The molecule has 0 aromatic carbocycles. The summed E-state index contributed by atoms with van der Waals surface area (Å²) in [5, 5.41) is 31.4. The second-order valence-corrected chi connectivity index (χ2v) is 18.5. The Kier molecular flexibility index (Phi) is 29.7. The maximum absolute atomic E-state index is 12.9. The van der Waals surface area contributed by atoms with Crippen LogP contribution in [0.15, 0.2) is 24.3 Å². The van der Waals surface area contributed by atoms with Crippen molar-refractivity contribution in [2.75, 3.05) is 47.5 Å². The average Bonchev–Trinajstić information content (AvgIpc) is 3.41. The first-order valence-electron chi connectivity index (χ1n) is 22.2. The van der Waals surface area contributed by atoms with Gasteiger partial charge in [0, 0.05) is 43.9 Å². The summed E-state index contributed by atoms with van der Waals surface area (Å²) >= 11 is 0. The normalized spacial score (nSPS) is 20.7. The maximum Gasteiger partial charge on any atom is 0.472 e. The third kappa shape index (κ3) is 28.5. The summed E-state index contributed by atoms with van der Waals surface area (Å²) in [5.41, 5.74) is 0. The van der Waals surface area contributed by atoms with Crippen LogP contribution in [0.2, 0.25) is 0 Å². The molecular weight excluding hydrogens is 765 g/mol. The van der Waals surface area contributed by atoms with Gasteiger partial charge in [0.2, 0.25) is 0 Å². The number of ether oxygens (including phenoxy) is 2. The number of aliphatic hydroxyl groups is 3. The molecule has 0 aromatic rings. The molecule has 14 heteroatoms. The van der Waals surface area contributed by atoms with Crippen LogP contribution in [0.1, 0.15) is 155 Å². The molecule has 1 fully saturated rings. The molecule has 1 unspecified atom stereocenters. The molecule has 1 saturated carbocycles. The summed E-state index contributed by atoms with van der Waals surface area (Å²) in [6.45, 7) is 3.84. The van der Waals surface area contributed by atoms with Gasteiger partial charge in [-0.1, -0.05) is 95.9 Å². The largest absolute Gasteiger partial charge is 0.472 e. The number of likely N-dealkylation sites (N-methyl/N-ethyl adjacent to an activating group) is 1. The summed E-state index contributed by atoms with van der Waals surface area (Å²) in [4.78, 5) is 48.4. The average molecular weight is 847 g/mol. The fourth-order valence-electron chi connectivity index (χ4n) is 6.83. The van der Waals surface area contributed by atoms with E-state index in [0.717, 1.165) is 57.8 Å². The van der Waals surface area contributed by atoms with Gasteiger partial charge in [-0.15, -0.1) is 0 Å². The van der Waals surface area contributed by atoms with Gasteiger partial charge in [-0.05, 0) is 51.4 Å². The molecule has 0 bridgehead atoms. The number of aliphatic hydroxyl groups excluding tert-OH is 3. The van der Waals surface area contributed by atoms with Crippen molar-refractivity contribution in [1.82, 2.24) is 0 Å². The lowest BCUT2D eigenvalue weighted by atomic mass is 9.87. The number of esters is 2. The second-order valence-electron chi connectivity index (χ2n) is 17.0. The van der Waals surface area contributed by atoms with Gasteiger partial charge in [0.05, 0.1) is 46.1 Å². The number of allylic oxidation sites excluding steroid dienone is 2. The van der Waals surface area contributed by atoms with Gasteiger partial charge >= 0.3 is 19.8 Å². The van der Waals surface area contributed by atoms with E-state index in [1.54, 1.807) is 12.2 Å². The summed E-state index contributed by atoms with van der Waals surface area (Å²) in [7, 11) is 1.24. The van der Waals surface area contributed by atoms with Crippen molar-refractivity contribution in [1.29, 1.82) is 0 Å². The Morgan fingerprint density at radius 1 is 0.759 bits per heavy atom. The molecule has 0 spiro atoms. The number of ketones is 1. The van der Waals surface area contributed by atoms with Crippen molar-refractivity contribution in [2.45, 2.75) is 180 Å². The molecule has 1 aliphatic carbocycles. The van der Waals surface area contributed by atoms with E-state index in [2.05, 4.69) is 26.0 Å². The lowest BCUT2D eigenvalue weighted by Gasteiger charge is -2.24. The molecule has 13 nitrogen and oxygen atoms in total. The number of carbonyl (C=O) groups is 3. The molecule has 1 aliphatic rings. The van der Waals surface area contributed by atoms with Crippen LogP contribution in [0.25, 0.3) is 0 Å². The highest BCUT2D eigenvalue weighted by molar-refractivity contribution is 7.47. The monoisotopic (exact) mass is 847 g/mol. The summed E-state index contributed by atoms with van der Waals surface area (Å²) in [6, 6.07) is 0. The van der Waals surface area contributed by atoms with Crippen molar-refractivity contribution >= 4 is 25.5 Å².